The van der Waals surface area contributed by atoms with E-state index < -0.39 is 0 Å². The number of amides is 1. The fourth-order valence-electron chi connectivity index (χ4n) is 3.32. The molecule has 1 atom stereocenters. The van der Waals surface area contributed by atoms with E-state index in [1.807, 2.05) is 51.2 Å². The SMILES string of the molecule is CC\C(C)=C/N=C(C)\C(N=C(C)[C@@H]1CN(C(=O)OCc2ccc(C)cc2)CCO1)=C(/C)C(C)C. The van der Waals surface area contributed by atoms with Gasteiger partial charge in [-0.2, -0.15) is 0 Å². The summed E-state index contributed by atoms with van der Waals surface area (Å²) < 4.78 is 11.5. The van der Waals surface area contributed by atoms with Crippen molar-refractivity contribution in [2.24, 2.45) is 15.9 Å². The molecule has 1 aliphatic rings. The van der Waals surface area contributed by atoms with Crippen molar-refractivity contribution < 1.29 is 14.3 Å². The largest absolute Gasteiger partial charge is 0.445 e. The molecule has 6 nitrogen and oxygen atoms in total. The highest BCUT2D eigenvalue weighted by atomic mass is 16.6. The molecular weight excluding hydrogens is 426 g/mol. The maximum absolute atomic E-state index is 12.7. The van der Waals surface area contributed by atoms with Crippen LogP contribution in [-0.2, 0) is 16.1 Å². The summed E-state index contributed by atoms with van der Waals surface area (Å²) in [5.41, 5.74) is 7.14. The first kappa shape index (κ1) is 27.5. The fraction of sp³-hybridized carbons (Fsp3) is 0.536. The summed E-state index contributed by atoms with van der Waals surface area (Å²) in [7, 11) is 0. The lowest BCUT2D eigenvalue weighted by atomic mass is 10.0. The van der Waals surface area contributed by atoms with E-state index in [0.29, 0.717) is 25.6 Å². The van der Waals surface area contributed by atoms with Gasteiger partial charge < -0.3 is 14.4 Å². The molecule has 0 radical (unpaired) electrons. The van der Waals surface area contributed by atoms with Gasteiger partial charge in [-0.25, -0.2) is 4.79 Å². The molecule has 1 fully saturated rings. The number of ether oxygens (including phenoxy) is 2. The number of carbonyl (C=O) groups is 1. The second-order valence-electron chi connectivity index (χ2n) is 9.33. The Bertz CT molecular complexity index is 956. The third kappa shape index (κ3) is 8.24. The number of nitrogens with zero attached hydrogens (tertiary/aromatic N) is 3. The molecule has 1 saturated heterocycles. The zero-order valence-electron chi connectivity index (χ0n) is 22.1. The van der Waals surface area contributed by atoms with Crippen LogP contribution in [0.1, 0.15) is 66.0 Å². The Kier molecular flexibility index (Phi) is 10.7. The standard InChI is InChI=1S/C28H41N3O3/c1-9-20(4)16-29-24(8)27(22(6)19(2)3)30-23(7)26-17-31(14-15-33-26)28(32)34-18-25-12-10-21(5)11-13-25/h10-13,16,19,26H,9,14-15,17-18H2,1-8H3/b20-16-,27-22-,29-24-,30-23?/t26-/m0/s1. The van der Waals surface area contributed by atoms with E-state index in [1.165, 1.54) is 16.7 Å². The lowest BCUT2D eigenvalue weighted by Gasteiger charge is -2.32. The molecule has 6 heteroatoms. The van der Waals surface area contributed by atoms with E-state index in [0.717, 1.165) is 29.1 Å². The molecule has 0 saturated carbocycles. The predicted molar refractivity (Wildman–Crippen MR) is 140 cm³/mol. The van der Waals surface area contributed by atoms with Crippen molar-refractivity contribution in [1.82, 2.24) is 4.90 Å². The highest BCUT2D eigenvalue weighted by Crippen LogP contribution is 2.19. The first-order valence-electron chi connectivity index (χ1n) is 12.2. The van der Waals surface area contributed by atoms with Gasteiger partial charge in [0.15, 0.2) is 0 Å². The number of benzene rings is 1. The molecule has 1 heterocycles. The van der Waals surface area contributed by atoms with Crippen LogP contribution in [0.4, 0.5) is 4.79 Å². The van der Waals surface area contributed by atoms with Crippen molar-refractivity contribution >= 4 is 17.5 Å². The van der Waals surface area contributed by atoms with Gasteiger partial charge in [-0.05, 0) is 58.1 Å². The third-order valence-electron chi connectivity index (χ3n) is 6.18. The zero-order chi connectivity index (χ0) is 25.3. The van der Waals surface area contributed by atoms with Crippen molar-refractivity contribution in [3.63, 3.8) is 0 Å². The van der Waals surface area contributed by atoms with Crippen LogP contribution in [0.5, 0.6) is 0 Å². The second kappa shape index (κ2) is 13.2. The van der Waals surface area contributed by atoms with Gasteiger partial charge in [0.2, 0.25) is 0 Å². The molecule has 0 unspecified atom stereocenters. The van der Waals surface area contributed by atoms with Crippen molar-refractivity contribution in [3.05, 3.63) is 58.4 Å². The maximum atomic E-state index is 12.7. The molecule has 1 aliphatic heterocycles. The predicted octanol–water partition coefficient (Wildman–Crippen LogP) is 6.50. The van der Waals surface area contributed by atoms with Gasteiger partial charge in [-0.15, -0.1) is 0 Å². The minimum absolute atomic E-state index is 0.259. The number of hydrogen-bond acceptors (Lipinski definition) is 5. The average Bonchev–Trinajstić information content (AvgIpc) is 2.84. The molecule has 1 amide bonds. The zero-order valence-corrected chi connectivity index (χ0v) is 22.1. The number of morpholine rings is 1. The Hall–Kier alpha value is -2.73. The number of allylic oxidation sites excluding steroid dienone is 3. The minimum atomic E-state index is -0.325. The third-order valence-corrected chi connectivity index (χ3v) is 6.18. The monoisotopic (exact) mass is 467 g/mol. The molecule has 1 aromatic rings. The summed E-state index contributed by atoms with van der Waals surface area (Å²) in [4.78, 5) is 24.0. The quantitative estimate of drug-likeness (QED) is 0.410. The molecular formula is C28H41N3O3. The van der Waals surface area contributed by atoms with Crippen LogP contribution in [0.3, 0.4) is 0 Å². The van der Waals surface area contributed by atoms with Gasteiger partial charge in [0.1, 0.15) is 12.7 Å². The van der Waals surface area contributed by atoms with Gasteiger partial charge >= 0.3 is 6.09 Å². The van der Waals surface area contributed by atoms with Crippen molar-refractivity contribution in [2.45, 2.75) is 74.5 Å². The van der Waals surface area contributed by atoms with E-state index in [4.69, 9.17) is 14.5 Å². The van der Waals surface area contributed by atoms with Gasteiger partial charge in [0.25, 0.3) is 0 Å². The molecule has 0 bridgehead atoms. The summed E-state index contributed by atoms with van der Waals surface area (Å²) in [6, 6.07) is 7.99. The summed E-state index contributed by atoms with van der Waals surface area (Å²) in [6.45, 7) is 18.2. The van der Waals surface area contributed by atoms with Crippen molar-refractivity contribution in [2.75, 3.05) is 19.7 Å². The molecule has 2 rings (SSSR count). The fourth-order valence-corrected chi connectivity index (χ4v) is 3.32. The minimum Gasteiger partial charge on any atom is -0.445 e. The molecule has 186 valence electrons. The summed E-state index contributed by atoms with van der Waals surface area (Å²) in [5.74, 6) is 0.341. The molecule has 0 aromatic heterocycles. The molecule has 0 spiro atoms. The van der Waals surface area contributed by atoms with Crippen LogP contribution in [0.2, 0.25) is 0 Å². The smallest absolute Gasteiger partial charge is 0.410 e. The molecule has 1 aromatic carbocycles. The van der Waals surface area contributed by atoms with Crippen LogP contribution >= 0.6 is 0 Å². The van der Waals surface area contributed by atoms with E-state index in [-0.39, 0.29) is 18.8 Å². The Morgan fingerprint density at radius 3 is 2.50 bits per heavy atom. The van der Waals surface area contributed by atoms with Gasteiger partial charge in [-0.3, -0.25) is 9.98 Å². The molecule has 0 aliphatic carbocycles. The number of rotatable bonds is 8. The van der Waals surface area contributed by atoms with Gasteiger partial charge in [0.05, 0.1) is 24.6 Å². The van der Waals surface area contributed by atoms with Crippen molar-refractivity contribution in [1.29, 1.82) is 0 Å². The number of hydrogen-bond donors (Lipinski definition) is 0. The first-order chi connectivity index (χ1) is 16.1. The number of aliphatic imine (C=N–C) groups is 2. The van der Waals surface area contributed by atoms with Crippen LogP contribution < -0.4 is 0 Å². The molecule has 0 N–H and O–H groups in total. The summed E-state index contributed by atoms with van der Waals surface area (Å²) in [5, 5.41) is 0. The summed E-state index contributed by atoms with van der Waals surface area (Å²) in [6.07, 6.45) is 2.27. The summed E-state index contributed by atoms with van der Waals surface area (Å²) >= 11 is 0. The van der Waals surface area contributed by atoms with Crippen LogP contribution in [0.15, 0.2) is 57.3 Å². The normalized spacial score (nSPS) is 18.8. The first-order valence-corrected chi connectivity index (χ1v) is 12.2. The topological polar surface area (TPSA) is 63.5 Å². The Balaban J connectivity index is 2.14. The highest BCUT2D eigenvalue weighted by molar-refractivity contribution is 6.02. The van der Waals surface area contributed by atoms with Crippen molar-refractivity contribution in [3.8, 4) is 0 Å². The van der Waals surface area contributed by atoms with Gasteiger partial charge in [-0.1, -0.05) is 56.2 Å². The Morgan fingerprint density at radius 1 is 1.21 bits per heavy atom. The second-order valence-corrected chi connectivity index (χ2v) is 9.33. The van der Waals surface area contributed by atoms with Crippen LogP contribution in [-0.4, -0.2) is 48.2 Å². The maximum Gasteiger partial charge on any atom is 0.410 e. The lowest BCUT2D eigenvalue weighted by molar-refractivity contribution is 0.00121. The highest BCUT2D eigenvalue weighted by Gasteiger charge is 2.27. The van der Waals surface area contributed by atoms with E-state index in [2.05, 4.69) is 39.6 Å². The molecule has 34 heavy (non-hydrogen) atoms. The number of aryl methyl sites for hydroxylation is 1. The van der Waals surface area contributed by atoms with E-state index in [9.17, 15) is 4.79 Å². The lowest BCUT2D eigenvalue weighted by Crippen LogP contribution is -2.48. The van der Waals surface area contributed by atoms with E-state index in [1.54, 1.807) is 4.90 Å². The Labute approximate surface area is 205 Å². The van der Waals surface area contributed by atoms with Crippen LogP contribution in [0.25, 0.3) is 0 Å². The average molecular weight is 468 g/mol. The van der Waals surface area contributed by atoms with E-state index >= 15 is 0 Å². The number of carbonyl (C=O) groups excluding carboxylic acids is 1. The van der Waals surface area contributed by atoms with Gasteiger partial charge in [0, 0.05) is 18.5 Å². The van der Waals surface area contributed by atoms with Crippen LogP contribution in [0, 0.1) is 12.8 Å². The Morgan fingerprint density at radius 2 is 1.88 bits per heavy atom.